The SMILES string of the molecule is CC=CB1OB(C=CC)OB(C=CC)O1.c1ccncc1. The molecule has 2 heterocycles. The molecule has 0 aliphatic carbocycles. The van der Waals surface area contributed by atoms with E-state index in [9.17, 15) is 0 Å². The van der Waals surface area contributed by atoms with Crippen LogP contribution in [-0.2, 0) is 13.7 Å². The summed E-state index contributed by atoms with van der Waals surface area (Å²) < 4.78 is 16.5. The maximum atomic E-state index is 5.49. The van der Waals surface area contributed by atoms with Gasteiger partial charge in [-0.2, -0.15) is 0 Å². The fourth-order valence-corrected chi connectivity index (χ4v) is 1.55. The Hall–Kier alpha value is -1.56. The molecule has 1 aromatic heterocycles. The van der Waals surface area contributed by atoms with Crippen molar-refractivity contribution in [3.8, 4) is 0 Å². The van der Waals surface area contributed by atoms with Crippen molar-refractivity contribution in [1.82, 2.24) is 4.98 Å². The van der Waals surface area contributed by atoms with Gasteiger partial charge < -0.3 is 13.7 Å². The molecule has 1 aromatic rings. The van der Waals surface area contributed by atoms with Gasteiger partial charge in [0.05, 0.1) is 0 Å². The molecule has 4 nitrogen and oxygen atoms in total. The van der Waals surface area contributed by atoms with Crippen molar-refractivity contribution < 1.29 is 13.7 Å². The summed E-state index contributed by atoms with van der Waals surface area (Å²) in [5.41, 5.74) is 0. The summed E-state index contributed by atoms with van der Waals surface area (Å²) in [6, 6.07) is 5.72. The van der Waals surface area contributed by atoms with Crippen molar-refractivity contribution in [2.45, 2.75) is 20.8 Å². The first-order chi connectivity index (χ1) is 10.3. The molecule has 21 heavy (non-hydrogen) atoms. The van der Waals surface area contributed by atoms with E-state index in [2.05, 4.69) is 4.98 Å². The highest BCUT2D eigenvalue weighted by molar-refractivity contribution is 6.78. The second-order valence-electron chi connectivity index (χ2n) is 4.12. The molecule has 0 atom stereocenters. The molecular formula is C14H20B3NO3. The molecular weight excluding hydrogens is 263 g/mol. The van der Waals surface area contributed by atoms with E-state index in [1.807, 2.05) is 75.1 Å². The number of hydrogen-bond donors (Lipinski definition) is 0. The highest BCUT2D eigenvalue weighted by atomic mass is 16.7. The molecule has 1 saturated heterocycles. The Bertz CT molecular complexity index is 379. The minimum Gasteiger partial charge on any atom is -0.445 e. The van der Waals surface area contributed by atoms with E-state index < -0.39 is 0 Å². The van der Waals surface area contributed by atoms with Crippen LogP contribution in [0.1, 0.15) is 20.8 Å². The van der Waals surface area contributed by atoms with Crippen LogP contribution in [0, 0.1) is 0 Å². The van der Waals surface area contributed by atoms with Gasteiger partial charge in [-0.15, -0.1) is 0 Å². The molecule has 0 unspecified atom stereocenters. The first-order valence-electron chi connectivity index (χ1n) is 7.00. The fourth-order valence-electron chi connectivity index (χ4n) is 1.55. The third-order valence-electron chi connectivity index (χ3n) is 2.42. The Morgan fingerprint density at radius 2 is 1.05 bits per heavy atom. The van der Waals surface area contributed by atoms with Gasteiger partial charge in [-0.3, -0.25) is 4.98 Å². The normalized spacial score (nSPS) is 15.9. The average molecular weight is 283 g/mol. The number of pyridine rings is 1. The second kappa shape index (κ2) is 11.1. The molecule has 1 aliphatic heterocycles. The Balaban J connectivity index is 0.000000304. The van der Waals surface area contributed by atoms with Crippen molar-refractivity contribution in [2.75, 3.05) is 0 Å². The van der Waals surface area contributed by atoms with Crippen LogP contribution in [0.3, 0.4) is 0 Å². The average Bonchev–Trinajstić information content (AvgIpc) is 2.50. The third-order valence-corrected chi connectivity index (χ3v) is 2.42. The molecule has 7 heteroatoms. The maximum Gasteiger partial charge on any atom is 0.458 e. The van der Waals surface area contributed by atoms with Crippen LogP contribution in [0.2, 0.25) is 0 Å². The van der Waals surface area contributed by atoms with Crippen LogP contribution in [0.4, 0.5) is 0 Å². The summed E-state index contributed by atoms with van der Waals surface area (Å²) in [6.45, 7) is 5.78. The van der Waals surface area contributed by atoms with Crippen molar-refractivity contribution >= 4 is 21.4 Å². The molecule has 2 rings (SSSR count). The van der Waals surface area contributed by atoms with E-state index in [0.717, 1.165) is 0 Å². The minimum absolute atomic E-state index is 0.342. The number of aromatic nitrogens is 1. The molecule has 0 N–H and O–H groups in total. The first kappa shape index (κ1) is 17.5. The molecule has 0 spiro atoms. The van der Waals surface area contributed by atoms with E-state index >= 15 is 0 Å². The zero-order valence-electron chi connectivity index (χ0n) is 12.8. The van der Waals surface area contributed by atoms with Gasteiger partial charge in [0.25, 0.3) is 0 Å². The maximum absolute atomic E-state index is 5.49. The molecule has 1 aliphatic rings. The molecule has 108 valence electrons. The fraction of sp³-hybridized carbons (Fsp3) is 0.214. The van der Waals surface area contributed by atoms with Crippen molar-refractivity contribution in [1.29, 1.82) is 0 Å². The van der Waals surface area contributed by atoms with E-state index in [-0.39, 0.29) is 21.4 Å². The highest BCUT2D eigenvalue weighted by Gasteiger charge is 2.36. The van der Waals surface area contributed by atoms with Crippen molar-refractivity contribution in [3.63, 3.8) is 0 Å². The number of allylic oxidation sites excluding steroid dienone is 3. The van der Waals surface area contributed by atoms with E-state index in [0.29, 0.717) is 0 Å². The number of nitrogens with zero attached hydrogens (tertiary/aromatic N) is 1. The Morgan fingerprint density at radius 1 is 0.667 bits per heavy atom. The van der Waals surface area contributed by atoms with Crippen molar-refractivity contribution in [3.05, 3.63) is 66.7 Å². The van der Waals surface area contributed by atoms with E-state index in [1.165, 1.54) is 0 Å². The van der Waals surface area contributed by atoms with Crippen LogP contribution >= 0.6 is 0 Å². The molecule has 0 aromatic carbocycles. The predicted octanol–water partition coefficient (Wildman–Crippen LogP) is 2.94. The van der Waals surface area contributed by atoms with Gasteiger partial charge in [-0.1, -0.05) is 42.2 Å². The van der Waals surface area contributed by atoms with Gasteiger partial charge in [0.2, 0.25) is 0 Å². The Labute approximate surface area is 128 Å². The smallest absolute Gasteiger partial charge is 0.445 e. The van der Waals surface area contributed by atoms with Crippen molar-refractivity contribution in [2.24, 2.45) is 0 Å². The summed E-state index contributed by atoms with van der Waals surface area (Å²) in [4.78, 5) is 3.78. The lowest BCUT2D eigenvalue weighted by molar-refractivity contribution is 0.305. The molecule has 0 amide bonds. The number of rotatable bonds is 3. The van der Waals surface area contributed by atoms with Crippen LogP contribution in [0.25, 0.3) is 0 Å². The van der Waals surface area contributed by atoms with Gasteiger partial charge in [0.1, 0.15) is 0 Å². The lowest BCUT2D eigenvalue weighted by Crippen LogP contribution is -2.46. The Kier molecular flexibility index (Phi) is 9.28. The van der Waals surface area contributed by atoms with E-state index in [4.69, 9.17) is 13.7 Å². The molecule has 1 fully saturated rings. The van der Waals surface area contributed by atoms with Crippen LogP contribution in [-0.4, -0.2) is 26.3 Å². The monoisotopic (exact) mass is 283 g/mol. The number of hydrogen-bond acceptors (Lipinski definition) is 4. The largest absolute Gasteiger partial charge is 0.458 e. The standard InChI is InChI=1S/C9H15B3O3.C5H5N/c1-4-7-10-13-11(8-5-2)15-12(14-10)9-6-3;1-2-4-6-5-3-1/h4-9H,1-3H3;1-5H. The summed E-state index contributed by atoms with van der Waals surface area (Å²) in [5, 5.41) is 0. The zero-order chi connectivity index (χ0) is 15.3. The zero-order valence-corrected chi connectivity index (χ0v) is 12.8. The lowest BCUT2D eigenvalue weighted by atomic mass is 9.69. The van der Waals surface area contributed by atoms with Crippen LogP contribution in [0.5, 0.6) is 0 Å². The topological polar surface area (TPSA) is 40.6 Å². The third kappa shape index (κ3) is 7.70. The summed E-state index contributed by atoms with van der Waals surface area (Å²) in [5.74, 6) is 5.57. The minimum atomic E-state index is -0.342. The Morgan fingerprint density at radius 3 is 1.24 bits per heavy atom. The second-order valence-corrected chi connectivity index (χ2v) is 4.12. The highest BCUT2D eigenvalue weighted by Crippen LogP contribution is 2.10. The summed E-state index contributed by atoms with van der Waals surface area (Å²) in [6.07, 6.45) is 9.19. The van der Waals surface area contributed by atoms with Gasteiger partial charge in [0.15, 0.2) is 0 Å². The first-order valence-corrected chi connectivity index (χ1v) is 7.00. The van der Waals surface area contributed by atoms with Gasteiger partial charge >= 0.3 is 21.4 Å². The summed E-state index contributed by atoms with van der Waals surface area (Å²) >= 11 is 0. The van der Waals surface area contributed by atoms with E-state index in [1.54, 1.807) is 12.4 Å². The van der Waals surface area contributed by atoms with Crippen LogP contribution < -0.4 is 0 Å². The van der Waals surface area contributed by atoms with Gasteiger partial charge in [-0.25, -0.2) is 0 Å². The van der Waals surface area contributed by atoms with Gasteiger partial charge in [-0.05, 0) is 32.9 Å². The summed E-state index contributed by atoms with van der Waals surface area (Å²) in [7, 11) is -1.02. The molecule has 0 bridgehead atoms. The molecule has 0 saturated carbocycles. The quantitative estimate of drug-likeness (QED) is 0.799. The molecule has 0 radical (unpaired) electrons. The lowest BCUT2D eigenvalue weighted by Gasteiger charge is -2.26. The van der Waals surface area contributed by atoms with Crippen LogP contribution in [0.15, 0.2) is 66.7 Å². The predicted molar refractivity (Wildman–Crippen MR) is 89.2 cm³/mol. The van der Waals surface area contributed by atoms with Gasteiger partial charge in [0, 0.05) is 12.4 Å².